The third-order valence-electron chi connectivity index (χ3n) is 3.98. The summed E-state index contributed by atoms with van der Waals surface area (Å²) in [5, 5.41) is 4.22. The van der Waals surface area contributed by atoms with Crippen LogP contribution in [0, 0.1) is 5.82 Å². The minimum Gasteiger partial charge on any atom is -0.494 e. The fraction of sp³-hybridized carbons (Fsp3) is 0.176. The first kappa shape index (κ1) is 15.9. The summed E-state index contributed by atoms with van der Waals surface area (Å²) in [5.74, 6) is 0.431. The van der Waals surface area contributed by atoms with Crippen molar-refractivity contribution in [2.75, 3.05) is 25.2 Å². The number of imidazole rings is 1. The van der Waals surface area contributed by atoms with Crippen molar-refractivity contribution in [3.8, 4) is 5.75 Å². The molecule has 3 aromatic rings. The van der Waals surface area contributed by atoms with Crippen molar-refractivity contribution in [3.05, 3.63) is 58.7 Å². The van der Waals surface area contributed by atoms with Crippen LogP contribution in [-0.4, -0.2) is 35.5 Å². The second kappa shape index (κ2) is 6.36. The fourth-order valence-corrected chi connectivity index (χ4v) is 3.14. The van der Waals surface area contributed by atoms with E-state index in [0.29, 0.717) is 19.0 Å². The molecule has 25 heavy (non-hydrogen) atoms. The molecule has 0 aliphatic carbocycles. The van der Waals surface area contributed by atoms with Crippen LogP contribution in [0.2, 0.25) is 0 Å². The van der Waals surface area contributed by atoms with Gasteiger partial charge in [-0.3, -0.25) is 4.40 Å². The van der Waals surface area contributed by atoms with Gasteiger partial charge in [0.2, 0.25) is 0 Å². The summed E-state index contributed by atoms with van der Waals surface area (Å²) in [5.41, 5.74) is 2.46. The summed E-state index contributed by atoms with van der Waals surface area (Å²) in [6.45, 7) is 1.04. The Kier molecular flexibility index (Phi) is 4.04. The van der Waals surface area contributed by atoms with E-state index in [1.807, 2.05) is 27.6 Å². The Morgan fingerprint density at radius 3 is 3.00 bits per heavy atom. The Labute approximate surface area is 151 Å². The van der Waals surface area contributed by atoms with Gasteiger partial charge in [0.15, 0.2) is 17.4 Å². The van der Waals surface area contributed by atoms with Gasteiger partial charge < -0.3 is 14.5 Å². The quantitative estimate of drug-likeness (QED) is 0.670. The third kappa shape index (κ3) is 2.82. The molecule has 0 saturated carbocycles. The van der Waals surface area contributed by atoms with Crippen molar-refractivity contribution in [3.63, 3.8) is 0 Å². The number of benzene rings is 1. The number of fused-ring (bicyclic) bond motifs is 1. The molecular formula is C17H14BrFN4O2. The number of hydrogen-bond donors (Lipinski definition) is 0. The van der Waals surface area contributed by atoms with E-state index in [2.05, 4.69) is 26.1 Å². The molecule has 4 rings (SSSR count). The van der Waals surface area contributed by atoms with Crippen LogP contribution < -0.4 is 9.64 Å². The van der Waals surface area contributed by atoms with E-state index in [1.165, 1.54) is 13.2 Å². The maximum Gasteiger partial charge on any atom is 0.181 e. The van der Waals surface area contributed by atoms with E-state index in [4.69, 9.17) is 9.57 Å². The minimum absolute atomic E-state index is 0.191. The van der Waals surface area contributed by atoms with Gasteiger partial charge in [-0.1, -0.05) is 5.16 Å². The van der Waals surface area contributed by atoms with Gasteiger partial charge in [0.25, 0.3) is 0 Å². The van der Waals surface area contributed by atoms with Crippen LogP contribution in [-0.2, 0) is 4.84 Å². The van der Waals surface area contributed by atoms with Crippen LogP contribution in [0.1, 0.15) is 5.56 Å². The molecule has 0 bridgehead atoms. The number of amidine groups is 1. The predicted octanol–water partition coefficient (Wildman–Crippen LogP) is 3.44. The van der Waals surface area contributed by atoms with Gasteiger partial charge in [-0.25, -0.2) is 9.37 Å². The normalized spacial score (nSPS) is 14.4. The zero-order chi connectivity index (χ0) is 17.4. The Hall–Kier alpha value is -2.61. The summed E-state index contributed by atoms with van der Waals surface area (Å²) in [4.78, 5) is 11.6. The molecule has 128 valence electrons. The van der Waals surface area contributed by atoms with Crippen LogP contribution >= 0.6 is 15.9 Å². The summed E-state index contributed by atoms with van der Waals surface area (Å²) in [6, 6.07) is 8.57. The van der Waals surface area contributed by atoms with E-state index < -0.39 is 5.82 Å². The number of pyridine rings is 1. The highest BCUT2D eigenvalue weighted by molar-refractivity contribution is 9.10. The van der Waals surface area contributed by atoms with E-state index in [0.717, 1.165) is 21.5 Å². The summed E-state index contributed by atoms with van der Waals surface area (Å²) < 4.78 is 21.6. The van der Waals surface area contributed by atoms with E-state index in [9.17, 15) is 4.39 Å². The number of nitrogens with zero attached hydrogens (tertiary/aromatic N) is 4. The number of hydrogen-bond acceptors (Lipinski definition) is 5. The highest BCUT2D eigenvalue weighted by Gasteiger charge is 2.22. The maximum atomic E-state index is 13.7. The highest BCUT2D eigenvalue weighted by atomic mass is 79.9. The van der Waals surface area contributed by atoms with Gasteiger partial charge in [-0.15, -0.1) is 0 Å². The lowest BCUT2D eigenvalue weighted by atomic mass is 10.2. The van der Waals surface area contributed by atoms with Crippen LogP contribution in [0.3, 0.4) is 0 Å². The number of rotatable bonds is 3. The maximum absolute atomic E-state index is 13.7. The van der Waals surface area contributed by atoms with Crippen molar-refractivity contribution >= 4 is 33.1 Å². The molecule has 0 atom stereocenters. The molecule has 1 aliphatic rings. The van der Waals surface area contributed by atoms with Crippen molar-refractivity contribution in [2.24, 2.45) is 5.16 Å². The number of anilines is 1. The molecule has 0 unspecified atom stereocenters. The molecule has 3 heterocycles. The molecule has 2 aromatic heterocycles. The van der Waals surface area contributed by atoms with E-state index in [-0.39, 0.29) is 5.75 Å². The molecule has 0 fully saturated rings. The third-order valence-corrected chi connectivity index (χ3v) is 4.56. The molecule has 1 aliphatic heterocycles. The number of aromatic nitrogens is 2. The number of methoxy groups -OCH3 is 1. The van der Waals surface area contributed by atoms with Crippen molar-refractivity contribution < 1.29 is 14.0 Å². The predicted molar refractivity (Wildman–Crippen MR) is 95.7 cm³/mol. The van der Waals surface area contributed by atoms with Crippen LogP contribution in [0.5, 0.6) is 5.75 Å². The Morgan fingerprint density at radius 1 is 1.28 bits per heavy atom. The van der Waals surface area contributed by atoms with Gasteiger partial charge in [-0.05, 0) is 40.2 Å². The molecule has 1 aromatic carbocycles. The van der Waals surface area contributed by atoms with Crippen LogP contribution in [0.4, 0.5) is 10.1 Å². The number of halogens is 2. The average molecular weight is 405 g/mol. The van der Waals surface area contributed by atoms with E-state index >= 15 is 0 Å². The molecule has 6 nitrogen and oxygen atoms in total. The summed E-state index contributed by atoms with van der Waals surface area (Å²) in [7, 11) is 1.45. The first-order valence-electron chi connectivity index (χ1n) is 7.61. The first-order valence-corrected chi connectivity index (χ1v) is 8.40. The van der Waals surface area contributed by atoms with E-state index in [1.54, 1.807) is 18.3 Å². The molecule has 0 amide bonds. The standard InChI is InChI=1S/C17H14BrFN4O2/c1-24-14-8-12(3-4-13(14)19)22-6-7-25-21-17(22)11-2-5-16-20-9-15(18)23(16)10-11/h2-5,8-10H,6-7H2,1H3. The van der Waals surface area contributed by atoms with Crippen molar-refractivity contribution in [1.29, 1.82) is 0 Å². The number of ether oxygens (including phenoxy) is 1. The van der Waals surface area contributed by atoms with Crippen LogP contribution in [0.25, 0.3) is 5.65 Å². The Bertz CT molecular complexity index is 972. The van der Waals surface area contributed by atoms with Gasteiger partial charge >= 0.3 is 0 Å². The van der Waals surface area contributed by atoms with Gasteiger partial charge in [0, 0.05) is 23.5 Å². The zero-order valence-electron chi connectivity index (χ0n) is 13.3. The van der Waals surface area contributed by atoms with Gasteiger partial charge in [0.05, 0.1) is 19.9 Å². The molecule has 0 saturated heterocycles. The Morgan fingerprint density at radius 2 is 2.16 bits per heavy atom. The zero-order valence-corrected chi connectivity index (χ0v) is 14.9. The topological polar surface area (TPSA) is 51.4 Å². The van der Waals surface area contributed by atoms with Gasteiger partial charge in [0.1, 0.15) is 16.9 Å². The molecule has 0 radical (unpaired) electrons. The Balaban J connectivity index is 1.78. The monoisotopic (exact) mass is 404 g/mol. The first-order chi connectivity index (χ1) is 12.2. The van der Waals surface area contributed by atoms with Crippen LogP contribution in [0.15, 0.2) is 52.5 Å². The molecule has 8 heteroatoms. The molecular weight excluding hydrogens is 391 g/mol. The average Bonchev–Trinajstić information content (AvgIpc) is 3.03. The lowest BCUT2D eigenvalue weighted by Crippen LogP contribution is -2.38. The smallest absolute Gasteiger partial charge is 0.181 e. The van der Waals surface area contributed by atoms with Crippen molar-refractivity contribution in [1.82, 2.24) is 9.38 Å². The highest BCUT2D eigenvalue weighted by Crippen LogP contribution is 2.27. The lowest BCUT2D eigenvalue weighted by molar-refractivity contribution is 0.142. The SMILES string of the molecule is COc1cc(N2CCON=C2c2ccc3ncc(Br)n3c2)ccc1F. The minimum atomic E-state index is -0.401. The molecule has 0 N–H and O–H groups in total. The van der Waals surface area contributed by atoms with Crippen molar-refractivity contribution in [2.45, 2.75) is 0 Å². The second-order valence-electron chi connectivity index (χ2n) is 5.45. The number of oxime groups is 1. The lowest BCUT2D eigenvalue weighted by Gasteiger charge is -2.29. The summed E-state index contributed by atoms with van der Waals surface area (Å²) >= 11 is 3.47. The second-order valence-corrected chi connectivity index (χ2v) is 6.26. The summed E-state index contributed by atoms with van der Waals surface area (Å²) in [6.07, 6.45) is 3.66. The fourth-order valence-electron chi connectivity index (χ4n) is 2.75. The largest absolute Gasteiger partial charge is 0.494 e. The van der Waals surface area contributed by atoms with Gasteiger partial charge in [-0.2, -0.15) is 0 Å². The molecule has 0 spiro atoms.